The summed E-state index contributed by atoms with van der Waals surface area (Å²) in [6, 6.07) is 30.4. The summed E-state index contributed by atoms with van der Waals surface area (Å²) in [5, 5.41) is 12.5. The highest BCUT2D eigenvalue weighted by Gasteiger charge is 2.13. The SMILES string of the molecule is COc1ccc(/C=C(\C#N)C(=O)Nc2ccc(OCc3ccccc3)cc2)c(OCc2cc(C)cc(C)c2)c1. The summed E-state index contributed by atoms with van der Waals surface area (Å²) >= 11 is 0. The van der Waals surface area contributed by atoms with Crippen LogP contribution in [0.1, 0.15) is 27.8 Å². The summed E-state index contributed by atoms with van der Waals surface area (Å²) in [6.07, 6.45) is 1.52. The first-order valence-corrected chi connectivity index (χ1v) is 12.5. The number of hydrogen-bond acceptors (Lipinski definition) is 5. The van der Waals surface area contributed by atoms with Gasteiger partial charge in [0.1, 0.15) is 42.1 Å². The molecule has 0 radical (unpaired) electrons. The number of ether oxygens (including phenoxy) is 3. The minimum atomic E-state index is -0.522. The number of nitrogens with zero attached hydrogens (tertiary/aromatic N) is 1. The van der Waals surface area contributed by atoms with Crippen molar-refractivity contribution in [1.29, 1.82) is 5.26 Å². The summed E-state index contributed by atoms with van der Waals surface area (Å²) < 4.78 is 17.3. The lowest BCUT2D eigenvalue weighted by Gasteiger charge is -2.13. The molecule has 0 aliphatic carbocycles. The standard InChI is InChI=1S/C33H30N2O4/c1-23-15-24(2)17-26(16-23)22-39-32-19-31(37-3)12-9-27(32)18-28(20-34)33(36)35-29-10-13-30(14-11-29)38-21-25-7-5-4-6-8-25/h4-19H,21-22H2,1-3H3,(H,35,36)/b28-18+. The smallest absolute Gasteiger partial charge is 0.266 e. The maximum atomic E-state index is 12.9. The third-order valence-corrected chi connectivity index (χ3v) is 5.92. The maximum Gasteiger partial charge on any atom is 0.266 e. The molecule has 4 aromatic rings. The normalized spacial score (nSPS) is 10.9. The summed E-state index contributed by atoms with van der Waals surface area (Å²) in [5.41, 5.74) is 5.48. The van der Waals surface area contributed by atoms with Crippen molar-refractivity contribution in [2.24, 2.45) is 0 Å². The number of nitrogens with one attached hydrogen (secondary N) is 1. The minimum absolute atomic E-state index is 0.0548. The number of rotatable bonds is 10. The highest BCUT2D eigenvalue weighted by atomic mass is 16.5. The minimum Gasteiger partial charge on any atom is -0.497 e. The molecule has 0 aliphatic rings. The van der Waals surface area contributed by atoms with E-state index in [2.05, 4.69) is 23.5 Å². The number of benzene rings is 4. The van der Waals surface area contributed by atoms with Gasteiger partial charge in [0.05, 0.1) is 7.11 Å². The van der Waals surface area contributed by atoms with Gasteiger partial charge in [0, 0.05) is 17.3 Å². The quantitative estimate of drug-likeness (QED) is 0.180. The molecular weight excluding hydrogens is 488 g/mol. The molecule has 0 fully saturated rings. The van der Waals surface area contributed by atoms with Crippen LogP contribution in [0.25, 0.3) is 6.08 Å². The molecule has 4 aromatic carbocycles. The number of aryl methyl sites for hydroxylation is 2. The Morgan fingerprint density at radius 3 is 2.15 bits per heavy atom. The van der Waals surface area contributed by atoms with Gasteiger partial charge in [-0.05, 0) is 67.4 Å². The zero-order valence-corrected chi connectivity index (χ0v) is 22.2. The molecule has 0 unspecified atom stereocenters. The molecule has 0 bridgehead atoms. The lowest BCUT2D eigenvalue weighted by atomic mass is 10.1. The number of methoxy groups -OCH3 is 1. The fourth-order valence-corrected chi connectivity index (χ4v) is 4.08. The molecule has 0 aromatic heterocycles. The molecule has 1 amide bonds. The molecule has 1 N–H and O–H groups in total. The van der Waals surface area contributed by atoms with E-state index in [0.717, 1.165) is 22.3 Å². The number of amides is 1. The summed E-state index contributed by atoms with van der Waals surface area (Å²) in [6.45, 7) is 4.87. The van der Waals surface area contributed by atoms with Gasteiger partial charge in [-0.15, -0.1) is 0 Å². The van der Waals surface area contributed by atoms with Crippen LogP contribution in [0.4, 0.5) is 5.69 Å². The van der Waals surface area contributed by atoms with Gasteiger partial charge in [-0.25, -0.2) is 0 Å². The van der Waals surface area contributed by atoms with Crippen molar-refractivity contribution in [3.05, 3.63) is 124 Å². The van der Waals surface area contributed by atoms with E-state index in [-0.39, 0.29) is 5.57 Å². The highest BCUT2D eigenvalue weighted by Crippen LogP contribution is 2.28. The summed E-state index contributed by atoms with van der Waals surface area (Å²) in [4.78, 5) is 12.9. The van der Waals surface area contributed by atoms with Crippen molar-refractivity contribution in [3.63, 3.8) is 0 Å². The first kappa shape index (κ1) is 27.0. The molecular formula is C33H30N2O4. The number of carbonyl (C=O) groups is 1. The van der Waals surface area contributed by atoms with Gasteiger partial charge in [-0.2, -0.15) is 5.26 Å². The Kier molecular flexibility index (Phi) is 8.99. The number of anilines is 1. The van der Waals surface area contributed by atoms with Crippen molar-refractivity contribution < 1.29 is 19.0 Å². The molecule has 0 spiro atoms. The van der Waals surface area contributed by atoms with Crippen LogP contribution in [0, 0.1) is 25.2 Å². The average molecular weight is 519 g/mol. The largest absolute Gasteiger partial charge is 0.497 e. The van der Waals surface area contributed by atoms with Crippen LogP contribution in [0.5, 0.6) is 17.2 Å². The molecule has 0 saturated carbocycles. The lowest BCUT2D eigenvalue weighted by molar-refractivity contribution is -0.112. The van der Waals surface area contributed by atoms with Gasteiger partial charge in [0.25, 0.3) is 5.91 Å². The van der Waals surface area contributed by atoms with Gasteiger partial charge >= 0.3 is 0 Å². The zero-order valence-electron chi connectivity index (χ0n) is 22.2. The molecule has 0 aliphatic heterocycles. The first-order valence-electron chi connectivity index (χ1n) is 12.5. The van der Waals surface area contributed by atoms with Gasteiger partial charge < -0.3 is 19.5 Å². The number of hydrogen-bond donors (Lipinski definition) is 1. The second-order valence-electron chi connectivity index (χ2n) is 9.11. The van der Waals surface area contributed by atoms with Crippen LogP contribution in [-0.4, -0.2) is 13.0 Å². The molecule has 39 heavy (non-hydrogen) atoms. The van der Waals surface area contributed by atoms with Crippen molar-refractivity contribution in [2.45, 2.75) is 27.1 Å². The van der Waals surface area contributed by atoms with Gasteiger partial charge in [0.2, 0.25) is 0 Å². The third kappa shape index (κ3) is 7.73. The van der Waals surface area contributed by atoms with E-state index in [1.165, 1.54) is 6.08 Å². The van der Waals surface area contributed by atoms with E-state index in [4.69, 9.17) is 14.2 Å². The lowest BCUT2D eigenvalue weighted by Crippen LogP contribution is -2.13. The number of carbonyl (C=O) groups excluding carboxylic acids is 1. The molecule has 196 valence electrons. The van der Waals surface area contributed by atoms with E-state index in [1.54, 1.807) is 49.6 Å². The monoisotopic (exact) mass is 518 g/mol. The fraction of sp³-hybridized carbons (Fsp3) is 0.152. The van der Waals surface area contributed by atoms with Gasteiger partial charge in [-0.3, -0.25) is 4.79 Å². The highest BCUT2D eigenvalue weighted by molar-refractivity contribution is 6.09. The molecule has 6 heteroatoms. The average Bonchev–Trinajstić information content (AvgIpc) is 2.94. The van der Waals surface area contributed by atoms with E-state index in [0.29, 0.717) is 41.7 Å². The summed E-state index contributed by atoms with van der Waals surface area (Å²) in [7, 11) is 1.57. The van der Waals surface area contributed by atoms with Crippen LogP contribution < -0.4 is 19.5 Å². The van der Waals surface area contributed by atoms with Crippen molar-refractivity contribution in [1.82, 2.24) is 0 Å². The van der Waals surface area contributed by atoms with Gasteiger partial charge in [0.15, 0.2) is 0 Å². The topological polar surface area (TPSA) is 80.6 Å². The Morgan fingerprint density at radius 1 is 0.821 bits per heavy atom. The Labute approximate surface area is 229 Å². The molecule has 6 nitrogen and oxygen atoms in total. The van der Waals surface area contributed by atoms with Crippen LogP contribution in [0.2, 0.25) is 0 Å². The maximum absolute atomic E-state index is 12.9. The van der Waals surface area contributed by atoms with Crippen molar-refractivity contribution in [3.8, 4) is 23.3 Å². The molecule has 4 rings (SSSR count). The van der Waals surface area contributed by atoms with Crippen LogP contribution in [0.3, 0.4) is 0 Å². The molecule has 0 atom stereocenters. The second kappa shape index (κ2) is 13.0. The van der Waals surface area contributed by atoms with E-state index in [1.807, 2.05) is 50.2 Å². The Hall–Kier alpha value is -5.02. The zero-order chi connectivity index (χ0) is 27.6. The van der Waals surface area contributed by atoms with Gasteiger partial charge in [-0.1, -0.05) is 59.7 Å². The van der Waals surface area contributed by atoms with Crippen molar-refractivity contribution in [2.75, 3.05) is 12.4 Å². The van der Waals surface area contributed by atoms with E-state index < -0.39 is 5.91 Å². The van der Waals surface area contributed by atoms with Crippen LogP contribution in [-0.2, 0) is 18.0 Å². The fourth-order valence-electron chi connectivity index (χ4n) is 4.08. The molecule has 0 saturated heterocycles. The van der Waals surface area contributed by atoms with Crippen LogP contribution >= 0.6 is 0 Å². The van der Waals surface area contributed by atoms with Crippen LogP contribution in [0.15, 0.2) is 96.6 Å². The first-order chi connectivity index (χ1) is 18.9. The van der Waals surface area contributed by atoms with E-state index in [9.17, 15) is 10.1 Å². The predicted molar refractivity (Wildman–Crippen MR) is 153 cm³/mol. The predicted octanol–water partition coefficient (Wildman–Crippen LogP) is 7.02. The molecule has 0 heterocycles. The Morgan fingerprint density at radius 2 is 1.49 bits per heavy atom. The second-order valence-corrected chi connectivity index (χ2v) is 9.11. The number of nitriles is 1. The Balaban J connectivity index is 1.46. The van der Waals surface area contributed by atoms with Crippen molar-refractivity contribution >= 4 is 17.7 Å². The summed E-state index contributed by atoms with van der Waals surface area (Å²) in [5.74, 6) is 1.28. The third-order valence-electron chi connectivity index (χ3n) is 5.92. The van der Waals surface area contributed by atoms with E-state index >= 15 is 0 Å². The Bertz CT molecular complexity index is 1480.